The van der Waals surface area contributed by atoms with Gasteiger partial charge in [-0.25, -0.2) is 9.59 Å². The van der Waals surface area contributed by atoms with E-state index in [2.05, 4.69) is 4.90 Å². The highest BCUT2D eigenvalue weighted by Crippen LogP contribution is 2.65. The number of methoxy groups -OCH3 is 1. The fraction of sp³-hybridized carbons (Fsp3) is 0.560. The van der Waals surface area contributed by atoms with Crippen molar-refractivity contribution in [2.75, 3.05) is 20.7 Å². The third kappa shape index (κ3) is 3.33. The highest BCUT2D eigenvalue weighted by Gasteiger charge is 2.72. The van der Waals surface area contributed by atoms with Gasteiger partial charge in [-0.05, 0) is 51.1 Å². The van der Waals surface area contributed by atoms with E-state index >= 15 is 0 Å². The number of carboxylic acid groups (broad SMARTS) is 1. The summed E-state index contributed by atoms with van der Waals surface area (Å²) in [6.07, 6.45) is -1.95. The quantitative estimate of drug-likeness (QED) is 0.440. The molecule has 6 atom stereocenters. The molecule has 1 spiro atoms. The number of aliphatic carboxylic acids is 1. The molecular formula is C25H29NO10. The lowest BCUT2D eigenvalue weighted by Gasteiger charge is -2.61. The van der Waals surface area contributed by atoms with E-state index in [9.17, 15) is 29.7 Å². The Kier molecular flexibility index (Phi) is 5.77. The molecular weight excluding hydrogens is 474 g/mol. The van der Waals surface area contributed by atoms with Crippen LogP contribution < -0.4 is 9.47 Å². The Balaban J connectivity index is 1.48. The summed E-state index contributed by atoms with van der Waals surface area (Å²) in [5.41, 5.74) is -0.147. The smallest absolute Gasteiger partial charge is 0.345 e. The summed E-state index contributed by atoms with van der Waals surface area (Å²) in [4.78, 5) is 38.1. The van der Waals surface area contributed by atoms with Crippen LogP contribution in [0.25, 0.3) is 0 Å². The molecule has 5 rings (SSSR count). The largest absolute Gasteiger partial charge is 0.493 e. The fourth-order valence-corrected chi connectivity index (χ4v) is 6.33. The van der Waals surface area contributed by atoms with Crippen molar-refractivity contribution in [1.29, 1.82) is 0 Å². The van der Waals surface area contributed by atoms with Crippen molar-refractivity contribution in [1.82, 2.24) is 4.90 Å². The zero-order chi connectivity index (χ0) is 26.0. The Bertz CT molecular complexity index is 1160. The Hall–Kier alpha value is -3.15. The van der Waals surface area contributed by atoms with Crippen LogP contribution in [0.15, 0.2) is 24.0 Å². The minimum absolute atomic E-state index is 0.171. The average molecular weight is 504 g/mol. The highest BCUT2D eigenvalue weighted by molar-refractivity contribution is 5.84. The number of rotatable bonds is 7. The first-order chi connectivity index (χ1) is 17.0. The van der Waals surface area contributed by atoms with Gasteiger partial charge in [0.25, 0.3) is 0 Å². The Morgan fingerprint density at radius 1 is 1.31 bits per heavy atom. The van der Waals surface area contributed by atoms with Gasteiger partial charge in [0.1, 0.15) is 11.9 Å². The number of carbonyl (C=O) groups excluding carboxylic acids is 2. The second-order valence-corrected chi connectivity index (χ2v) is 9.90. The SMILES string of the molecule is COc1ccc2c3c1O[C@H]1C(OC(=O)C[C@H](OC(=O)[C@H](C)O)C(=O)O)=CC[C@@]4(O)[C@H](C2)N(C)CC[C@]314. The maximum absolute atomic E-state index is 12.8. The number of aliphatic hydroxyl groups is 2. The maximum Gasteiger partial charge on any atom is 0.345 e. The van der Waals surface area contributed by atoms with Gasteiger partial charge in [-0.15, -0.1) is 0 Å². The molecule has 1 aromatic rings. The van der Waals surface area contributed by atoms with E-state index in [0.717, 1.165) is 18.1 Å². The molecule has 3 N–H and O–H groups in total. The second kappa shape index (κ2) is 8.46. The molecule has 1 fully saturated rings. The number of nitrogens with zero attached hydrogens (tertiary/aromatic N) is 1. The van der Waals surface area contributed by atoms with Crippen LogP contribution in [0.2, 0.25) is 0 Å². The molecule has 1 saturated heterocycles. The maximum atomic E-state index is 12.8. The summed E-state index contributed by atoms with van der Waals surface area (Å²) in [6, 6.07) is 3.63. The molecule has 194 valence electrons. The predicted octanol–water partition coefficient (Wildman–Crippen LogP) is 0.283. The van der Waals surface area contributed by atoms with E-state index < -0.39 is 53.7 Å². The van der Waals surface area contributed by atoms with Gasteiger partial charge < -0.3 is 39.2 Å². The van der Waals surface area contributed by atoms with Crippen LogP contribution >= 0.6 is 0 Å². The van der Waals surface area contributed by atoms with Crippen molar-refractivity contribution in [3.63, 3.8) is 0 Å². The second-order valence-electron chi connectivity index (χ2n) is 9.90. The monoisotopic (exact) mass is 503 g/mol. The Morgan fingerprint density at radius 3 is 2.72 bits per heavy atom. The van der Waals surface area contributed by atoms with Gasteiger partial charge in [0.15, 0.2) is 17.6 Å². The van der Waals surface area contributed by atoms with E-state index in [1.165, 1.54) is 7.11 Å². The van der Waals surface area contributed by atoms with Gasteiger partial charge in [-0.3, -0.25) is 4.79 Å². The van der Waals surface area contributed by atoms with Crippen LogP contribution in [-0.2, 0) is 35.7 Å². The summed E-state index contributed by atoms with van der Waals surface area (Å²) in [6.45, 7) is 1.82. The van der Waals surface area contributed by atoms with E-state index in [1.54, 1.807) is 6.08 Å². The Labute approximate surface area is 207 Å². The summed E-state index contributed by atoms with van der Waals surface area (Å²) in [5.74, 6) is -2.45. The molecule has 0 amide bonds. The molecule has 0 saturated carbocycles. The number of carboxylic acids is 1. The van der Waals surface area contributed by atoms with Crippen LogP contribution in [0.3, 0.4) is 0 Å². The van der Waals surface area contributed by atoms with Gasteiger partial charge in [-0.2, -0.15) is 0 Å². The zero-order valence-corrected chi connectivity index (χ0v) is 20.2. The van der Waals surface area contributed by atoms with Crippen molar-refractivity contribution >= 4 is 17.9 Å². The van der Waals surface area contributed by atoms with Gasteiger partial charge in [0.05, 0.1) is 24.5 Å². The molecule has 11 nitrogen and oxygen atoms in total. The number of esters is 2. The number of piperidine rings is 1. The van der Waals surface area contributed by atoms with Crippen LogP contribution in [0.1, 0.15) is 37.3 Å². The standard InChI is InChI=1S/C25H29NO10/c1-12(27)23(31)35-16(22(29)30)11-18(28)34-15-6-7-25(32)17-10-13-4-5-14(33-3)20-19(13)24(25,21(15)36-20)8-9-26(17)2/h4-6,12,16-17,21,27,32H,7-11H2,1-3H3,(H,29,30)/t12-,16-,17-,21-,24-,25+/m0/s1. The first kappa shape index (κ1) is 24.5. The number of carbonyl (C=O) groups is 3. The minimum Gasteiger partial charge on any atom is -0.493 e. The van der Waals surface area contributed by atoms with Crippen LogP contribution in [0.5, 0.6) is 11.5 Å². The van der Waals surface area contributed by atoms with Gasteiger partial charge in [0, 0.05) is 18.0 Å². The summed E-state index contributed by atoms with van der Waals surface area (Å²) >= 11 is 0. The van der Waals surface area contributed by atoms with E-state index in [-0.39, 0.29) is 18.2 Å². The number of benzene rings is 1. The van der Waals surface area contributed by atoms with Crippen molar-refractivity contribution in [2.24, 2.45) is 0 Å². The molecule has 4 aliphatic rings. The first-order valence-electron chi connectivity index (χ1n) is 11.8. The van der Waals surface area contributed by atoms with Crippen molar-refractivity contribution < 1.29 is 48.7 Å². The van der Waals surface area contributed by atoms with Crippen molar-refractivity contribution in [2.45, 2.75) is 68.0 Å². The lowest BCUT2D eigenvalue weighted by molar-refractivity contribution is -0.175. The molecule has 2 aliphatic carbocycles. The number of ether oxygens (including phenoxy) is 4. The van der Waals surface area contributed by atoms with Gasteiger partial charge in [-0.1, -0.05) is 6.07 Å². The normalized spacial score (nSPS) is 31.3. The molecule has 2 heterocycles. The lowest BCUT2D eigenvalue weighted by atomic mass is 9.50. The van der Waals surface area contributed by atoms with Crippen LogP contribution in [0.4, 0.5) is 0 Å². The van der Waals surface area contributed by atoms with E-state index in [0.29, 0.717) is 30.9 Å². The van der Waals surface area contributed by atoms with Crippen LogP contribution in [-0.4, -0.2) is 88.8 Å². The summed E-state index contributed by atoms with van der Waals surface area (Å²) < 4.78 is 22.3. The Morgan fingerprint density at radius 2 is 2.06 bits per heavy atom. The molecule has 36 heavy (non-hydrogen) atoms. The first-order valence-corrected chi connectivity index (χ1v) is 11.8. The lowest BCUT2D eigenvalue weighted by Crippen LogP contribution is -2.74. The van der Waals surface area contributed by atoms with Crippen LogP contribution in [0, 0.1) is 0 Å². The molecule has 0 radical (unpaired) electrons. The predicted molar refractivity (Wildman–Crippen MR) is 121 cm³/mol. The van der Waals surface area contributed by atoms with Crippen molar-refractivity contribution in [3.05, 3.63) is 35.1 Å². The minimum atomic E-state index is -1.82. The molecule has 0 aromatic heterocycles. The molecule has 2 aliphatic heterocycles. The topological polar surface area (TPSA) is 152 Å². The van der Waals surface area contributed by atoms with E-state index in [1.807, 2.05) is 19.2 Å². The fourth-order valence-electron chi connectivity index (χ4n) is 6.33. The summed E-state index contributed by atoms with van der Waals surface area (Å²) in [7, 11) is 3.51. The number of hydrogen-bond acceptors (Lipinski definition) is 10. The van der Waals surface area contributed by atoms with Crippen molar-refractivity contribution in [3.8, 4) is 11.5 Å². The number of likely N-dealkylation sites (tertiary alicyclic amines) is 1. The number of hydrogen-bond donors (Lipinski definition) is 3. The zero-order valence-electron chi connectivity index (χ0n) is 20.2. The molecule has 1 aromatic carbocycles. The molecule has 11 heteroatoms. The summed E-state index contributed by atoms with van der Waals surface area (Å²) in [5, 5.41) is 30.8. The molecule has 2 bridgehead atoms. The highest BCUT2D eigenvalue weighted by atomic mass is 16.6. The van der Waals surface area contributed by atoms with Gasteiger partial charge >= 0.3 is 17.9 Å². The number of aliphatic hydroxyl groups excluding tert-OH is 1. The average Bonchev–Trinajstić information content (AvgIpc) is 3.18. The molecule has 0 unspecified atom stereocenters. The van der Waals surface area contributed by atoms with E-state index in [4.69, 9.17) is 18.9 Å². The number of likely N-dealkylation sites (N-methyl/N-ethyl adjacent to an activating group) is 1. The third-order valence-electron chi connectivity index (χ3n) is 8.02. The van der Waals surface area contributed by atoms with Gasteiger partial charge in [0.2, 0.25) is 6.10 Å². The third-order valence-corrected chi connectivity index (χ3v) is 8.02.